The fourth-order valence-electron chi connectivity index (χ4n) is 2.81. The van der Waals surface area contributed by atoms with Crippen LogP contribution in [0.5, 0.6) is 0 Å². The normalized spacial score (nSPS) is 23.7. The predicted octanol–water partition coefficient (Wildman–Crippen LogP) is 0.786. The van der Waals surface area contributed by atoms with Crippen molar-refractivity contribution in [1.82, 2.24) is 20.5 Å². The fraction of sp³-hybridized carbons (Fsp3) is 0.214. The minimum absolute atomic E-state index is 0.286. The summed E-state index contributed by atoms with van der Waals surface area (Å²) >= 11 is 0. The van der Waals surface area contributed by atoms with Crippen LogP contribution < -0.4 is 16.6 Å². The average molecular weight is 282 g/mol. The third-order valence-corrected chi connectivity index (χ3v) is 4.01. The van der Waals surface area contributed by atoms with E-state index in [1.165, 1.54) is 0 Å². The molecule has 0 spiro atoms. The van der Waals surface area contributed by atoms with Crippen LogP contribution in [0, 0.1) is 0 Å². The van der Waals surface area contributed by atoms with Crippen molar-refractivity contribution in [3.8, 4) is 0 Å². The Morgan fingerprint density at radius 3 is 3.10 bits per heavy atom. The topological polar surface area (TPSA) is 112 Å². The van der Waals surface area contributed by atoms with E-state index in [0.717, 1.165) is 12.1 Å². The Kier molecular flexibility index (Phi) is 2.19. The van der Waals surface area contributed by atoms with Gasteiger partial charge in [0.25, 0.3) is 5.56 Å². The van der Waals surface area contributed by atoms with E-state index in [4.69, 9.17) is 5.73 Å². The Hall–Kier alpha value is -2.83. The highest BCUT2D eigenvalue weighted by atomic mass is 16.1. The van der Waals surface area contributed by atoms with Crippen LogP contribution in [-0.4, -0.2) is 26.6 Å². The number of amidine groups is 1. The molecule has 0 radical (unpaired) electrons. The molecule has 1 aliphatic carbocycles. The summed E-state index contributed by atoms with van der Waals surface area (Å²) in [6.07, 6.45) is 8.40. The number of H-pyrrole nitrogens is 2. The first kappa shape index (κ1) is 12.0. The number of nitrogens with one attached hydrogen (secondary N) is 3. The zero-order chi connectivity index (χ0) is 14.6. The smallest absolute Gasteiger partial charge is 0.262 e. The van der Waals surface area contributed by atoms with E-state index < -0.39 is 0 Å². The molecule has 0 amide bonds. The molecule has 106 valence electrons. The first-order valence-electron chi connectivity index (χ1n) is 6.68. The number of aromatic nitrogens is 3. The molecule has 21 heavy (non-hydrogen) atoms. The van der Waals surface area contributed by atoms with Crippen LogP contribution in [0.1, 0.15) is 18.9 Å². The van der Waals surface area contributed by atoms with Gasteiger partial charge in [-0.1, -0.05) is 12.2 Å². The molecule has 3 heterocycles. The van der Waals surface area contributed by atoms with Crippen molar-refractivity contribution in [2.24, 2.45) is 4.99 Å². The molecule has 1 atom stereocenters. The molecule has 0 fully saturated rings. The molecular weight excluding hydrogens is 268 g/mol. The number of fused-ring (bicyclic) bond motifs is 2. The van der Waals surface area contributed by atoms with Crippen molar-refractivity contribution in [2.75, 3.05) is 5.73 Å². The van der Waals surface area contributed by atoms with Gasteiger partial charge in [0.1, 0.15) is 22.6 Å². The molecule has 2 aromatic heterocycles. The second-order valence-electron chi connectivity index (χ2n) is 5.47. The SMILES string of the molecule is CC12CC=CC=C1NC(c1c(N)c3cn[nH]c3[nH]c1=O)=N2. The second kappa shape index (κ2) is 3.85. The zero-order valence-electron chi connectivity index (χ0n) is 11.4. The largest absolute Gasteiger partial charge is 0.397 e. The van der Waals surface area contributed by atoms with Crippen LogP contribution in [-0.2, 0) is 0 Å². The number of pyridine rings is 1. The number of allylic oxidation sites excluding steroid dienone is 2. The van der Waals surface area contributed by atoms with Crippen LogP contribution in [0.25, 0.3) is 11.0 Å². The van der Waals surface area contributed by atoms with Gasteiger partial charge in [0.05, 0.1) is 17.3 Å². The maximum atomic E-state index is 12.3. The lowest BCUT2D eigenvalue weighted by Gasteiger charge is -2.22. The number of aliphatic imine (C=N–C) groups is 1. The molecule has 0 saturated carbocycles. The lowest BCUT2D eigenvalue weighted by Crippen LogP contribution is -2.30. The van der Waals surface area contributed by atoms with Crippen LogP contribution in [0.4, 0.5) is 5.69 Å². The first-order chi connectivity index (χ1) is 10.1. The molecule has 5 N–H and O–H groups in total. The van der Waals surface area contributed by atoms with E-state index in [1.807, 2.05) is 19.1 Å². The number of rotatable bonds is 1. The van der Waals surface area contributed by atoms with Gasteiger partial charge in [-0.2, -0.15) is 5.10 Å². The summed E-state index contributed by atoms with van der Waals surface area (Å²) in [6, 6.07) is 0. The molecule has 1 aliphatic heterocycles. The number of aromatic amines is 2. The summed E-state index contributed by atoms with van der Waals surface area (Å²) in [5.41, 5.74) is 7.74. The number of nitrogens with two attached hydrogens (primary N) is 1. The van der Waals surface area contributed by atoms with Crippen molar-refractivity contribution in [1.29, 1.82) is 0 Å². The molecule has 0 aromatic carbocycles. The molecule has 2 aliphatic rings. The monoisotopic (exact) mass is 282 g/mol. The predicted molar refractivity (Wildman–Crippen MR) is 81.0 cm³/mol. The Balaban J connectivity index is 1.92. The van der Waals surface area contributed by atoms with Gasteiger partial charge >= 0.3 is 0 Å². The lowest BCUT2D eigenvalue weighted by molar-refractivity contribution is 0.563. The van der Waals surface area contributed by atoms with E-state index in [0.29, 0.717) is 28.1 Å². The highest BCUT2D eigenvalue weighted by molar-refractivity contribution is 6.10. The van der Waals surface area contributed by atoms with Gasteiger partial charge in [-0.3, -0.25) is 14.9 Å². The van der Waals surface area contributed by atoms with E-state index in [9.17, 15) is 4.79 Å². The molecule has 1 unspecified atom stereocenters. The third kappa shape index (κ3) is 1.57. The van der Waals surface area contributed by atoms with Crippen molar-refractivity contribution < 1.29 is 0 Å². The standard InChI is InChI=1S/C14H14N6O/c1-14-5-3-2-4-8(14)17-12(19-14)9-10(15)7-6-16-20-11(7)18-13(9)21/h2-4,6H,5H2,1H3,(H,17,19)(H4,15,16,18,20,21). The molecule has 0 bridgehead atoms. The average Bonchev–Trinajstić information content (AvgIpc) is 3.01. The highest BCUT2D eigenvalue weighted by Gasteiger charge is 2.36. The molecule has 4 rings (SSSR count). The molecule has 7 heteroatoms. The molecule has 2 aromatic rings. The number of hydrogen-bond donors (Lipinski definition) is 4. The maximum absolute atomic E-state index is 12.3. The molecular formula is C14H14N6O. The Morgan fingerprint density at radius 1 is 1.43 bits per heavy atom. The van der Waals surface area contributed by atoms with Crippen molar-refractivity contribution in [3.05, 3.63) is 46.0 Å². The van der Waals surface area contributed by atoms with Gasteiger partial charge in [-0.25, -0.2) is 0 Å². The van der Waals surface area contributed by atoms with Crippen LogP contribution >= 0.6 is 0 Å². The van der Waals surface area contributed by atoms with Gasteiger partial charge in [0.15, 0.2) is 0 Å². The van der Waals surface area contributed by atoms with Gasteiger partial charge < -0.3 is 16.0 Å². The Morgan fingerprint density at radius 2 is 2.29 bits per heavy atom. The highest BCUT2D eigenvalue weighted by Crippen LogP contribution is 2.33. The van der Waals surface area contributed by atoms with Crippen molar-refractivity contribution in [2.45, 2.75) is 18.9 Å². The van der Waals surface area contributed by atoms with E-state index in [2.05, 4.69) is 31.6 Å². The first-order valence-corrected chi connectivity index (χ1v) is 6.68. The third-order valence-electron chi connectivity index (χ3n) is 4.01. The molecule has 0 saturated heterocycles. The minimum Gasteiger partial charge on any atom is -0.397 e. The maximum Gasteiger partial charge on any atom is 0.262 e. The minimum atomic E-state index is -0.353. The summed E-state index contributed by atoms with van der Waals surface area (Å²) in [7, 11) is 0. The summed E-state index contributed by atoms with van der Waals surface area (Å²) in [4.78, 5) is 19.7. The Labute approximate surface area is 119 Å². The van der Waals surface area contributed by atoms with Crippen LogP contribution in [0.3, 0.4) is 0 Å². The number of nitrogen functional groups attached to an aromatic ring is 1. The van der Waals surface area contributed by atoms with Crippen LogP contribution in [0.2, 0.25) is 0 Å². The van der Waals surface area contributed by atoms with Crippen molar-refractivity contribution in [3.63, 3.8) is 0 Å². The summed E-state index contributed by atoms with van der Waals surface area (Å²) < 4.78 is 0. The number of anilines is 1. The van der Waals surface area contributed by atoms with Crippen LogP contribution in [0.15, 0.2) is 39.9 Å². The van der Waals surface area contributed by atoms with E-state index in [-0.39, 0.29) is 11.1 Å². The summed E-state index contributed by atoms with van der Waals surface area (Å²) in [6.45, 7) is 2.03. The molecule has 7 nitrogen and oxygen atoms in total. The quantitative estimate of drug-likeness (QED) is 0.619. The zero-order valence-corrected chi connectivity index (χ0v) is 11.4. The number of nitrogens with zero attached hydrogens (tertiary/aromatic N) is 2. The van der Waals surface area contributed by atoms with Gasteiger partial charge in [-0.15, -0.1) is 0 Å². The lowest BCUT2D eigenvalue weighted by atomic mass is 9.91. The van der Waals surface area contributed by atoms with E-state index in [1.54, 1.807) is 6.20 Å². The Bertz CT molecular complexity index is 900. The summed E-state index contributed by atoms with van der Waals surface area (Å²) in [5, 5.41) is 10.5. The van der Waals surface area contributed by atoms with Gasteiger partial charge in [0.2, 0.25) is 0 Å². The van der Waals surface area contributed by atoms with Crippen molar-refractivity contribution >= 4 is 22.6 Å². The number of hydrogen-bond acceptors (Lipinski definition) is 5. The van der Waals surface area contributed by atoms with E-state index >= 15 is 0 Å². The van der Waals surface area contributed by atoms with Gasteiger partial charge in [-0.05, 0) is 19.4 Å². The summed E-state index contributed by atoms with van der Waals surface area (Å²) in [5.74, 6) is 0.509. The second-order valence-corrected chi connectivity index (χ2v) is 5.47. The fourth-order valence-corrected chi connectivity index (χ4v) is 2.81. The van der Waals surface area contributed by atoms with Gasteiger partial charge in [0, 0.05) is 5.70 Å².